The third kappa shape index (κ3) is 11.6. The van der Waals surface area contributed by atoms with E-state index in [0.29, 0.717) is 0 Å². The maximum Gasteiger partial charge on any atom is -0.0398 e. The molecule has 1 N–H and O–H groups in total. The zero-order valence-corrected chi connectivity index (χ0v) is 10.3. The van der Waals surface area contributed by atoms with E-state index in [-0.39, 0.29) is 27.2 Å². The van der Waals surface area contributed by atoms with Crippen LogP contribution in [0.15, 0.2) is 24.3 Å². The van der Waals surface area contributed by atoms with E-state index in [2.05, 4.69) is 38.1 Å². The molecule has 0 aliphatic heterocycles. The highest BCUT2D eigenvalue weighted by molar-refractivity contribution is 8.93. The third-order valence-electron chi connectivity index (χ3n) is 1.17. The minimum absolute atomic E-state index is 0. The summed E-state index contributed by atoms with van der Waals surface area (Å²) in [7, 11) is 0. The van der Waals surface area contributed by atoms with Crippen LogP contribution in [0.2, 0.25) is 0 Å². The molecule has 3 heteroatoms. The van der Waals surface area contributed by atoms with Gasteiger partial charge in [0.2, 0.25) is 0 Å². The lowest BCUT2D eigenvalue weighted by Crippen LogP contribution is -1.71. The summed E-state index contributed by atoms with van der Waals surface area (Å²) < 4.78 is 0. The average molecular weight is 254 g/mol. The van der Waals surface area contributed by atoms with Crippen molar-refractivity contribution in [1.82, 2.24) is 0 Å². The fourth-order valence-corrected chi connectivity index (χ4v) is 0.807. The number of rotatable bonds is 0. The first-order chi connectivity index (χ1) is 4.79. The van der Waals surface area contributed by atoms with Crippen LogP contribution in [0.1, 0.15) is 25.0 Å². The predicted octanol–water partition coefficient (Wildman–Crippen LogP) is 3.88. The lowest BCUT2D eigenvalue weighted by Gasteiger charge is -1.90. The second-order valence-corrected chi connectivity index (χ2v) is 2.16. The summed E-state index contributed by atoms with van der Waals surface area (Å²) in [6, 6.07) is 8.45. The second-order valence-electron chi connectivity index (χ2n) is 2.16. The van der Waals surface area contributed by atoms with E-state index >= 15 is 0 Å². The lowest BCUT2D eigenvalue weighted by atomic mass is 10.2. The van der Waals surface area contributed by atoms with Crippen LogP contribution in [-0.2, 0) is 0 Å². The highest BCUT2D eigenvalue weighted by atomic mass is 79.9. The van der Waals surface area contributed by atoms with E-state index in [1.54, 1.807) is 0 Å². The third-order valence-corrected chi connectivity index (χ3v) is 1.17. The van der Waals surface area contributed by atoms with Gasteiger partial charge in [-0.15, -0.1) is 17.0 Å². The van der Waals surface area contributed by atoms with Crippen LogP contribution in [-0.4, -0.2) is 5.48 Å². The molecule has 0 spiro atoms. The molecule has 0 bridgehead atoms. The summed E-state index contributed by atoms with van der Waals surface area (Å²) in [6.07, 6.45) is 0. The average Bonchev–Trinajstić information content (AvgIpc) is 1.91. The fourth-order valence-electron chi connectivity index (χ4n) is 0.807. The summed E-state index contributed by atoms with van der Waals surface area (Å²) >= 11 is 0. The first kappa shape index (κ1) is 22.9. The van der Waals surface area contributed by atoms with E-state index in [0.717, 1.165) is 0 Å². The molecule has 1 aromatic rings. The SMILES string of the molecule is Br.CC.Cc1cccc(C)c1.F.[OH]. The molecule has 1 nitrogen and oxygen atoms in total. The molecule has 0 fully saturated rings. The van der Waals surface area contributed by atoms with Crippen molar-refractivity contribution in [3.63, 3.8) is 0 Å². The van der Waals surface area contributed by atoms with Gasteiger partial charge in [0, 0.05) is 0 Å². The van der Waals surface area contributed by atoms with Gasteiger partial charge >= 0.3 is 0 Å². The summed E-state index contributed by atoms with van der Waals surface area (Å²) in [4.78, 5) is 0. The molecular formula is C10H19BrFO. The quantitative estimate of drug-likeness (QED) is 0.728. The molecule has 79 valence electrons. The Kier molecular flexibility index (Phi) is 24.9. The molecule has 0 aliphatic carbocycles. The zero-order chi connectivity index (χ0) is 7.98. The van der Waals surface area contributed by atoms with Crippen LogP contribution in [0.25, 0.3) is 0 Å². The van der Waals surface area contributed by atoms with Gasteiger partial charge in [-0.3, -0.25) is 10.2 Å². The number of halogens is 2. The van der Waals surface area contributed by atoms with Gasteiger partial charge in [-0.05, 0) is 13.8 Å². The minimum atomic E-state index is 0. The largest absolute Gasteiger partial charge is 0.269 e. The van der Waals surface area contributed by atoms with Gasteiger partial charge in [-0.1, -0.05) is 49.2 Å². The van der Waals surface area contributed by atoms with Crippen LogP contribution in [0.4, 0.5) is 4.70 Å². The number of benzene rings is 1. The van der Waals surface area contributed by atoms with Gasteiger partial charge in [-0.25, -0.2) is 0 Å². The number of hydrogen-bond acceptors (Lipinski definition) is 0. The Labute approximate surface area is 90.6 Å². The van der Waals surface area contributed by atoms with Gasteiger partial charge in [0.25, 0.3) is 0 Å². The Morgan fingerprint density at radius 3 is 1.38 bits per heavy atom. The van der Waals surface area contributed by atoms with Gasteiger partial charge in [0.15, 0.2) is 0 Å². The van der Waals surface area contributed by atoms with Crippen LogP contribution in [0.3, 0.4) is 0 Å². The van der Waals surface area contributed by atoms with Crippen LogP contribution in [0.5, 0.6) is 0 Å². The Morgan fingerprint density at radius 1 is 0.923 bits per heavy atom. The monoisotopic (exact) mass is 253 g/mol. The molecule has 0 heterocycles. The molecular weight excluding hydrogens is 235 g/mol. The van der Waals surface area contributed by atoms with E-state index in [9.17, 15) is 0 Å². The maximum absolute atomic E-state index is 2.17. The van der Waals surface area contributed by atoms with Crippen molar-refractivity contribution in [2.75, 3.05) is 0 Å². The van der Waals surface area contributed by atoms with Crippen LogP contribution >= 0.6 is 17.0 Å². The van der Waals surface area contributed by atoms with E-state index in [1.807, 2.05) is 13.8 Å². The topological polar surface area (TPSA) is 30.0 Å². The smallest absolute Gasteiger partial charge is 0.0398 e. The van der Waals surface area contributed by atoms with Crippen LogP contribution < -0.4 is 0 Å². The molecule has 1 rings (SSSR count). The van der Waals surface area contributed by atoms with E-state index in [1.165, 1.54) is 11.1 Å². The molecule has 0 atom stereocenters. The van der Waals surface area contributed by atoms with E-state index < -0.39 is 0 Å². The summed E-state index contributed by atoms with van der Waals surface area (Å²) in [5.41, 5.74) is 2.68. The molecule has 13 heavy (non-hydrogen) atoms. The van der Waals surface area contributed by atoms with Crippen LogP contribution in [0, 0.1) is 13.8 Å². The van der Waals surface area contributed by atoms with E-state index in [4.69, 9.17) is 0 Å². The molecule has 0 aliphatic rings. The zero-order valence-electron chi connectivity index (χ0n) is 8.57. The van der Waals surface area contributed by atoms with Crippen molar-refractivity contribution >= 4 is 17.0 Å². The normalized spacial score (nSPS) is 6.15. The molecule has 0 aromatic heterocycles. The fraction of sp³-hybridized carbons (Fsp3) is 0.400. The molecule has 0 unspecified atom stereocenters. The van der Waals surface area contributed by atoms with Crippen molar-refractivity contribution in [2.24, 2.45) is 0 Å². The standard InChI is InChI=1S/C8H10.C2H6.BrH.FH.HO/c1-7-4-3-5-8(2)6-7;1-2;;;/h3-6H,1-2H3;1-2H3;3*1H. The predicted molar refractivity (Wildman–Crippen MR) is 62.0 cm³/mol. The maximum atomic E-state index is 2.17. The first-order valence-corrected chi connectivity index (χ1v) is 3.82. The highest BCUT2D eigenvalue weighted by Gasteiger charge is 1.80. The number of hydrogen-bond donors (Lipinski definition) is 1. The summed E-state index contributed by atoms with van der Waals surface area (Å²) in [5, 5.41) is 0. The van der Waals surface area contributed by atoms with Gasteiger partial charge < -0.3 is 0 Å². The van der Waals surface area contributed by atoms with Crippen molar-refractivity contribution in [2.45, 2.75) is 27.7 Å². The van der Waals surface area contributed by atoms with Gasteiger partial charge in [0.05, 0.1) is 0 Å². The Balaban J connectivity index is -0.0000000761. The lowest BCUT2D eigenvalue weighted by molar-refractivity contribution is 0.824. The van der Waals surface area contributed by atoms with Crippen molar-refractivity contribution < 1.29 is 10.2 Å². The Morgan fingerprint density at radius 2 is 1.23 bits per heavy atom. The second kappa shape index (κ2) is 14.1. The molecule has 1 radical (unpaired) electrons. The first-order valence-electron chi connectivity index (χ1n) is 3.82. The molecule has 0 amide bonds. The molecule has 1 aromatic carbocycles. The van der Waals surface area contributed by atoms with Crippen molar-refractivity contribution in [1.29, 1.82) is 0 Å². The summed E-state index contributed by atoms with van der Waals surface area (Å²) in [5.74, 6) is 0. The van der Waals surface area contributed by atoms with Gasteiger partial charge in [-0.2, -0.15) is 0 Å². The number of aryl methyl sites for hydroxylation is 2. The Hall–Kier alpha value is -0.410. The molecule has 0 saturated heterocycles. The van der Waals surface area contributed by atoms with Gasteiger partial charge in [0.1, 0.15) is 0 Å². The highest BCUT2D eigenvalue weighted by Crippen LogP contribution is 2.00. The molecule has 0 saturated carbocycles. The van der Waals surface area contributed by atoms with Crippen molar-refractivity contribution in [3.05, 3.63) is 35.4 Å². The Bertz CT molecular complexity index is 175. The van der Waals surface area contributed by atoms with Crippen molar-refractivity contribution in [3.8, 4) is 0 Å². The minimum Gasteiger partial charge on any atom is -0.269 e. The summed E-state index contributed by atoms with van der Waals surface area (Å²) in [6.45, 7) is 8.21.